The Kier molecular flexibility index (Phi) is 2.30. The van der Waals surface area contributed by atoms with Gasteiger partial charge >= 0.3 is 0 Å². The van der Waals surface area contributed by atoms with Crippen molar-refractivity contribution < 1.29 is 0 Å². The van der Waals surface area contributed by atoms with Crippen molar-refractivity contribution in [1.82, 2.24) is 0 Å². The van der Waals surface area contributed by atoms with E-state index in [-0.39, 0.29) is 0 Å². The number of thiophene rings is 1. The Balaban J connectivity index is 2.66. The smallest absolute Gasteiger partial charge is 0.0396 e. The summed E-state index contributed by atoms with van der Waals surface area (Å²) in [6, 6.07) is 10.9. The van der Waals surface area contributed by atoms with Gasteiger partial charge in [0.25, 0.3) is 0 Å². The van der Waals surface area contributed by atoms with Gasteiger partial charge in [0.15, 0.2) is 0 Å². The molecule has 2 heteroatoms. The van der Waals surface area contributed by atoms with Crippen molar-refractivity contribution in [3.8, 4) is 0 Å². The molecule has 2 aromatic carbocycles. The van der Waals surface area contributed by atoms with Gasteiger partial charge in [-0.1, -0.05) is 40.2 Å². The zero-order chi connectivity index (χ0) is 11.3. The van der Waals surface area contributed by atoms with Crippen molar-refractivity contribution in [2.75, 3.05) is 0 Å². The predicted molar refractivity (Wildman–Crippen MR) is 76.5 cm³/mol. The molecule has 16 heavy (non-hydrogen) atoms. The molecular formula is C14H11BrS. The van der Waals surface area contributed by atoms with Crippen LogP contribution in [0, 0.1) is 13.8 Å². The molecule has 0 unspecified atom stereocenters. The van der Waals surface area contributed by atoms with Gasteiger partial charge in [0.05, 0.1) is 0 Å². The van der Waals surface area contributed by atoms with Crippen LogP contribution >= 0.6 is 27.3 Å². The molecule has 0 amide bonds. The average Bonchev–Trinajstić information content (AvgIpc) is 2.66. The first-order valence-electron chi connectivity index (χ1n) is 5.25. The number of hydrogen-bond donors (Lipinski definition) is 0. The number of fused-ring (bicyclic) bond motifs is 3. The van der Waals surface area contributed by atoms with Crippen LogP contribution in [0.2, 0.25) is 0 Å². The SMILES string of the molecule is Cc1cccc2c1sc1c(C)ccc(Br)c12. The minimum atomic E-state index is 1.20. The zero-order valence-corrected chi connectivity index (χ0v) is 11.6. The normalized spacial score (nSPS) is 11.4. The molecule has 1 aromatic heterocycles. The van der Waals surface area contributed by atoms with Crippen LogP contribution in [0.3, 0.4) is 0 Å². The van der Waals surface area contributed by atoms with Gasteiger partial charge in [-0.25, -0.2) is 0 Å². The number of halogens is 1. The molecule has 0 atom stereocenters. The van der Waals surface area contributed by atoms with Gasteiger partial charge in [0.1, 0.15) is 0 Å². The fourth-order valence-corrected chi connectivity index (χ4v) is 4.07. The summed E-state index contributed by atoms with van der Waals surface area (Å²) in [5.41, 5.74) is 2.73. The summed E-state index contributed by atoms with van der Waals surface area (Å²) in [7, 11) is 0. The van der Waals surface area contributed by atoms with Crippen LogP contribution in [0.4, 0.5) is 0 Å². The van der Waals surface area contributed by atoms with Crippen molar-refractivity contribution in [2.45, 2.75) is 13.8 Å². The van der Waals surface area contributed by atoms with Crippen LogP contribution < -0.4 is 0 Å². The van der Waals surface area contributed by atoms with Crippen molar-refractivity contribution in [1.29, 1.82) is 0 Å². The van der Waals surface area contributed by atoms with Crippen molar-refractivity contribution in [3.05, 3.63) is 45.9 Å². The van der Waals surface area contributed by atoms with Gasteiger partial charge in [-0.2, -0.15) is 0 Å². The standard InChI is InChI=1S/C14H11BrS/c1-8-4-3-5-10-12-11(15)7-6-9(2)14(12)16-13(8)10/h3-7H,1-2H3. The molecule has 0 nitrogen and oxygen atoms in total. The quantitative estimate of drug-likeness (QED) is 0.518. The second kappa shape index (κ2) is 3.57. The maximum Gasteiger partial charge on any atom is 0.0396 e. The summed E-state index contributed by atoms with van der Waals surface area (Å²) in [5.74, 6) is 0. The Morgan fingerprint density at radius 1 is 0.938 bits per heavy atom. The van der Waals surface area contributed by atoms with E-state index in [4.69, 9.17) is 0 Å². The highest BCUT2D eigenvalue weighted by Crippen LogP contribution is 2.40. The molecule has 0 spiro atoms. The molecule has 3 aromatic rings. The van der Waals surface area contributed by atoms with Gasteiger partial charge < -0.3 is 0 Å². The third kappa shape index (κ3) is 1.33. The summed E-state index contributed by atoms with van der Waals surface area (Å²) in [6.45, 7) is 4.36. The monoisotopic (exact) mass is 290 g/mol. The minimum Gasteiger partial charge on any atom is -0.135 e. The molecule has 0 saturated heterocycles. The first-order valence-corrected chi connectivity index (χ1v) is 6.86. The van der Waals surface area contributed by atoms with E-state index in [9.17, 15) is 0 Å². The molecule has 0 aliphatic carbocycles. The summed E-state index contributed by atoms with van der Waals surface area (Å²) >= 11 is 5.56. The molecule has 80 valence electrons. The van der Waals surface area contributed by atoms with Crippen LogP contribution in [-0.4, -0.2) is 0 Å². The van der Waals surface area contributed by atoms with Crippen LogP contribution in [0.25, 0.3) is 20.2 Å². The molecule has 0 saturated carbocycles. The lowest BCUT2D eigenvalue weighted by molar-refractivity contribution is 1.55. The lowest BCUT2D eigenvalue weighted by Gasteiger charge is -1.98. The molecule has 0 aliphatic rings. The predicted octanol–water partition coefficient (Wildman–Crippen LogP) is 5.43. The van der Waals surface area contributed by atoms with Gasteiger partial charge in [-0.05, 0) is 31.0 Å². The van der Waals surface area contributed by atoms with Crippen LogP contribution in [0.1, 0.15) is 11.1 Å². The fourth-order valence-electron chi connectivity index (χ4n) is 2.13. The first-order chi connectivity index (χ1) is 7.68. The van der Waals surface area contributed by atoms with E-state index in [1.807, 2.05) is 11.3 Å². The van der Waals surface area contributed by atoms with E-state index in [1.165, 1.54) is 35.8 Å². The lowest BCUT2D eigenvalue weighted by atomic mass is 10.1. The van der Waals surface area contributed by atoms with Gasteiger partial charge in [0, 0.05) is 24.6 Å². The number of rotatable bonds is 0. The highest BCUT2D eigenvalue weighted by molar-refractivity contribution is 9.10. The molecular weight excluding hydrogens is 280 g/mol. The third-order valence-electron chi connectivity index (χ3n) is 2.99. The van der Waals surface area contributed by atoms with Crippen molar-refractivity contribution in [2.24, 2.45) is 0 Å². The largest absolute Gasteiger partial charge is 0.135 e. The first kappa shape index (κ1) is 10.3. The van der Waals surface area contributed by atoms with Crippen LogP contribution in [-0.2, 0) is 0 Å². The number of benzene rings is 2. The summed E-state index contributed by atoms with van der Waals surface area (Å²) in [6.07, 6.45) is 0. The van der Waals surface area contributed by atoms with E-state index in [2.05, 4.69) is 60.1 Å². The van der Waals surface area contributed by atoms with E-state index < -0.39 is 0 Å². The summed E-state index contributed by atoms with van der Waals surface area (Å²) in [4.78, 5) is 0. The van der Waals surface area contributed by atoms with Crippen molar-refractivity contribution >= 4 is 47.4 Å². The van der Waals surface area contributed by atoms with Gasteiger partial charge in [-0.3, -0.25) is 0 Å². The Hall–Kier alpha value is -0.860. The Bertz CT molecular complexity index is 695. The average molecular weight is 291 g/mol. The molecule has 0 bridgehead atoms. The number of hydrogen-bond acceptors (Lipinski definition) is 1. The topological polar surface area (TPSA) is 0 Å². The highest BCUT2D eigenvalue weighted by Gasteiger charge is 2.10. The molecule has 0 fully saturated rings. The van der Waals surface area contributed by atoms with E-state index in [0.29, 0.717) is 0 Å². The Morgan fingerprint density at radius 2 is 1.69 bits per heavy atom. The Labute approximate surface area is 107 Å². The summed E-state index contributed by atoms with van der Waals surface area (Å²) < 4.78 is 4.01. The van der Waals surface area contributed by atoms with E-state index in [0.717, 1.165) is 0 Å². The summed E-state index contributed by atoms with van der Waals surface area (Å²) in [5, 5.41) is 2.74. The van der Waals surface area contributed by atoms with Gasteiger partial charge in [0.2, 0.25) is 0 Å². The third-order valence-corrected chi connectivity index (χ3v) is 5.13. The Morgan fingerprint density at radius 3 is 2.50 bits per heavy atom. The van der Waals surface area contributed by atoms with Crippen molar-refractivity contribution in [3.63, 3.8) is 0 Å². The maximum absolute atomic E-state index is 3.66. The van der Waals surface area contributed by atoms with Crippen LogP contribution in [0.15, 0.2) is 34.8 Å². The fraction of sp³-hybridized carbons (Fsp3) is 0.143. The second-order valence-corrected chi connectivity index (χ2v) is 6.00. The second-order valence-electron chi connectivity index (χ2n) is 4.12. The van der Waals surface area contributed by atoms with Crippen LogP contribution in [0.5, 0.6) is 0 Å². The molecule has 0 N–H and O–H groups in total. The molecule has 1 heterocycles. The lowest BCUT2D eigenvalue weighted by Crippen LogP contribution is -1.74. The van der Waals surface area contributed by atoms with E-state index in [1.54, 1.807) is 0 Å². The van der Waals surface area contributed by atoms with E-state index >= 15 is 0 Å². The molecule has 0 radical (unpaired) electrons. The maximum atomic E-state index is 3.66. The highest BCUT2D eigenvalue weighted by atomic mass is 79.9. The van der Waals surface area contributed by atoms with Gasteiger partial charge in [-0.15, -0.1) is 11.3 Å². The minimum absolute atomic E-state index is 1.20. The molecule has 0 aliphatic heterocycles. The number of aryl methyl sites for hydroxylation is 2. The zero-order valence-electron chi connectivity index (χ0n) is 9.17. The molecule has 3 rings (SSSR count).